The maximum absolute atomic E-state index is 12.2. The zero-order valence-electron chi connectivity index (χ0n) is 10.0. The Labute approximate surface area is 101 Å². The van der Waals surface area contributed by atoms with Crippen LogP contribution in [0.4, 0.5) is 11.5 Å². The Morgan fingerprint density at radius 3 is 2.56 bits per heavy atom. The number of nitrogens with zero attached hydrogens (tertiary/aromatic N) is 4. The number of hydrogen-bond acceptors (Lipinski definition) is 6. The highest BCUT2D eigenvalue weighted by Crippen LogP contribution is 2.26. The second-order valence-electron chi connectivity index (χ2n) is 4.18. The quantitative estimate of drug-likeness (QED) is 0.612. The van der Waals surface area contributed by atoms with Crippen LogP contribution < -0.4 is 21.9 Å². The van der Waals surface area contributed by atoms with E-state index in [0.29, 0.717) is 23.4 Å². The van der Waals surface area contributed by atoms with Crippen LogP contribution in [0.1, 0.15) is 0 Å². The van der Waals surface area contributed by atoms with E-state index in [1.807, 2.05) is 0 Å². The SMILES string of the molecule is Cn1c(=O)c2c3c(nnc2n(C)c1=O)NCCN3. The number of aromatic nitrogens is 4. The van der Waals surface area contributed by atoms with Crippen molar-refractivity contribution in [3.8, 4) is 0 Å². The molecule has 0 amide bonds. The minimum Gasteiger partial charge on any atom is -0.379 e. The van der Waals surface area contributed by atoms with Gasteiger partial charge in [0.25, 0.3) is 5.56 Å². The first-order chi connectivity index (χ1) is 8.61. The van der Waals surface area contributed by atoms with Crippen molar-refractivity contribution < 1.29 is 0 Å². The van der Waals surface area contributed by atoms with E-state index in [2.05, 4.69) is 20.8 Å². The molecule has 0 aromatic carbocycles. The molecule has 94 valence electrons. The summed E-state index contributed by atoms with van der Waals surface area (Å²) in [5, 5.41) is 14.5. The zero-order valence-corrected chi connectivity index (χ0v) is 10.0. The molecule has 18 heavy (non-hydrogen) atoms. The van der Waals surface area contributed by atoms with Gasteiger partial charge in [-0.1, -0.05) is 0 Å². The maximum Gasteiger partial charge on any atom is 0.332 e. The van der Waals surface area contributed by atoms with Crippen molar-refractivity contribution in [1.82, 2.24) is 19.3 Å². The highest BCUT2D eigenvalue weighted by atomic mass is 16.2. The summed E-state index contributed by atoms with van der Waals surface area (Å²) in [7, 11) is 3.02. The van der Waals surface area contributed by atoms with Crippen molar-refractivity contribution in [3.05, 3.63) is 20.8 Å². The third-order valence-corrected chi connectivity index (χ3v) is 3.08. The van der Waals surface area contributed by atoms with E-state index >= 15 is 0 Å². The monoisotopic (exact) mass is 248 g/mol. The molecule has 0 aliphatic carbocycles. The predicted octanol–water partition coefficient (Wildman–Crippen LogP) is -1.14. The lowest BCUT2D eigenvalue weighted by Crippen LogP contribution is -2.38. The predicted molar refractivity (Wildman–Crippen MR) is 67.0 cm³/mol. The third kappa shape index (κ3) is 1.25. The molecule has 8 heteroatoms. The molecule has 2 aromatic rings. The van der Waals surface area contributed by atoms with Crippen LogP contribution in [0.15, 0.2) is 9.59 Å². The van der Waals surface area contributed by atoms with Gasteiger partial charge in [-0.05, 0) is 0 Å². The molecule has 3 rings (SSSR count). The van der Waals surface area contributed by atoms with Crippen LogP contribution in [0.3, 0.4) is 0 Å². The van der Waals surface area contributed by atoms with Crippen molar-refractivity contribution in [3.63, 3.8) is 0 Å². The number of nitrogens with one attached hydrogen (secondary N) is 2. The Balaban J connectivity index is 2.56. The summed E-state index contributed by atoms with van der Waals surface area (Å²) < 4.78 is 2.39. The minimum absolute atomic E-state index is 0.290. The summed E-state index contributed by atoms with van der Waals surface area (Å²) in [5.41, 5.74) is 0.126. The molecule has 2 aromatic heterocycles. The van der Waals surface area contributed by atoms with Gasteiger partial charge >= 0.3 is 5.69 Å². The van der Waals surface area contributed by atoms with E-state index in [0.717, 1.165) is 11.1 Å². The number of rotatable bonds is 0. The Hall–Kier alpha value is -2.38. The summed E-state index contributed by atoms with van der Waals surface area (Å²) >= 11 is 0. The first-order valence-corrected chi connectivity index (χ1v) is 5.55. The van der Waals surface area contributed by atoms with Crippen LogP contribution in [0, 0.1) is 0 Å². The summed E-state index contributed by atoms with van der Waals surface area (Å²) in [4.78, 5) is 24.0. The van der Waals surface area contributed by atoms with Gasteiger partial charge in [-0.25, -0.2) is 4.79 Å². The van der Waals surface area contributed by atoms with Gasteiger partial charge in [0.2, 0.25) is 0 Å². The average Bonchev–Trinajstić information content (AvgIpc) is 2.41. The van der Waals surface area contributed by atoms with Gasteiger partial charge in [-0.2, -0.15) is 0 Å². The van der Waals surface area contributed by atoms with Crippen molar-refractivity contribution >= 4 is 22.5 Å². The van der Waals surface area contributed by atoms with Crippen LogP contribution in [0.25, 0.3) is 11.0 Å². The molecule has 0 radical (unpaired) electrons. The third-order valence-electron chi connectivity index (χ3n) is 3.08. The van der Waals surface area contributed by atoms with Crippen molar-refractivity contribution in [2.45, 2.75) is 0 Å². The Kier molecular flexibility index (Phi) is 2.12. The molecule has 0 fully saturated rings. The van der Waals surface area contributed by atoms with Gasteiger partial charge in [0, 0.05) is 27.2 Å². The Bertz CT molecular complexity index is 760. The molecule has 1 aliphatic rings. The van der Waals surface area contributed by atoms with Crippen LogP contribution in [0.2, 0.25) is 0 Å². The number of aryl methyl sites for hydroxylation is 1. The molecular weight excluding hydrogens is 236 g/mol. The first kappa shape index (κ1) is 10.8. The van der Waals surface area contributed by atoms with E-state index in [9.17, 15) is 9.59 Å². The second kappa shape index (κ2) is 3.56. The van der Waals surface area contributed by atoms with E-state index in [-0.39, 0.29) is 11.2 Å². The Morgan fingerprint density at radius 1 is 1.06 bits per heavy atom. The van der Waals surface area contributed by atoms with Gasteiger partial charge in [0.15, 0.2) is 11.5 Å². The van der Waals surface area contributed by atoms with Crippen molar-refractivity contribution in [2.75, 3.05) is 23.7 Å². The highest BCUT2D eigenvalue weighted by molar-refractivity contribution is 5.94. The second-order valence-corrected chi connectivity index (χ2v) is 4.18. The van der Waals surface area contributed by atoms with Gasteiger partial charge in [0.05, 0.1) is 5.69 Å². The van der Waals surface area contributed by atoms with Crippen LogP contribution in [-0.2, 0) is 14.1 Å². The van der Waals surface area contributed by atoms with E-state index in [1.165, 1.54) is 11.6 Å². The van der Waals surface area contributed by atoms with Crippen molar-refractivity contribution in [2.24, 2.45) is 14.1 Å². The smallest absolute Gasteiger partial charge is 0.332 e. The zero-order chi connectivity index (χ0) is 12.9. The lowest BCUT2D eigenvalue weighted by atomic mass is 10.2. The molecular formula is C10H12N6O2. The molecule has 1 aliphatic heterocycles. The van der Waals surface area contributed by atoms with Crippen LogP contribution >= 0.6 is 0 Å². The summed E-state index contributed by atoms with van der Waals surface area (Å²) in [6.45, 7) is 1.42. The van der Waals surface area contributed by atoms with E-state index in [1.54, 1.807) is 7.05 Å². The fourth-order valence-corrected chi connectivity index (χ4v) is 2.10. The van der Waals surface area contributed by atoms with E-state index < -0.39 is 5.69 Å². The molecule has 0 bridgehead atoms. The highest BCUT2D eigenvalue weighted by Gasteiger charge is 2.19. The molecule has 0 spiro atoms. The molecule has 3 heterocycles. The number of hydrogen-bond donors (Lipinski definition) is 2. The molecule has 0 atom stereocenters. The van der Waals surface area contributed by atoms with Crippen LogP contribution in [0.5, 0.6) is 0 Å². The normalized spacial score (nSPS) is 13.9. The summed E-state index contributed by atoms with van der Waals surface area (Å²) in [6.07, 6.45) is 0. The lowest BCUT2D eigenvalue weighted by molar-refractivity contribution is 0.703. The Morgan fingerprint density at radius 2 is 1.78 bits per heavy atom. The molecule has 8 nitrogen and oxygen atoms in total. The first-order valence-electron chi connectivity index (χ1n) is 5.55. The largest absolute Gasteiger partial charge is 0.379 e. The summed E-state index contributed by atoms with van der Waals surface area (Å²) in [5.74, 6) is 0.546. The minimum atomic E-state index is -0.412. The van der Waals surface area contributed by atoms with Gasteiger partial charge in [-0.15, -0.1) is 10.2 Å². The number of fused-ring (bicyclic) bond motifs is 3. The fraction of sp³-hybridized carbons (Fsp3) is 0.400. The molecule has 0 saturated carbocycles. The standard InChI is InChI=1S/C10H12N6O2/c1-15-8-5(9(17)16(2)10(15)18)6-7(13-14-8)12-4-3-11-6/h11H,3-4H2,1-2H3,(H,12,13). The summed E-state index contributed by atoms with van der Waals surface area (Å²) in [6, 6.07) is 0. The lowest BCUT2D eigenvalue weighted by Gasteiger charge is -2.19. The van der Waals surface area contributed by atoms with Gasteiger partial charge < -0.3 is 10.6 Å². The number of anilines is 2. The van der Waals surface area contributed by atoms with E-state index in [4.69, 9.17) is 0 Å². The average molecular weight is 248 g/mol. The van der Waals surface area contributed by atoms with Gasteiger partial charge in [0.1, 0.15) is 5.39 Å². The molecule has 0 saturated heterocycles. The van der Waals surface area contributed by atoms with Crippen molar-refractivity contribution in [1.29, 1.82) is 0 Å². The maximum atomic E-state index is 12.2. The van der Waals surface area contributed by atoms with Crippen LogP contribution in [-0.4, -0.2) is 32.4 Å². The van der Waals surface area contributed by atoms with Gasteiger partial charge in [-0.3, -0.25) is 13.9 Å². The fourth-order valence-electron chi connectivity index (χ4n) is 2.10. The topological polar surface area (TPSA) is 93.8 Å². The molecule has 2 N–H and O–H groups in total. The molecule has 0 unspecified atom stereocenters.